The maximum atomic E-state index is 5.24. The minimum atomic E-state index is 0.709. The zero-order valence-electron chi connectivity index (χ0n) is 9.24. The van der Waals surface area contributed by atoms with Crippen molar-refractivity contribution < 1.29 is 4.74 Å². The Morgan fingerprint density at radius 1 is 1.12 bits per heavy atom. The van der Waals surface area contributed by atoms with Crippen LogP contribution in [0.4, 0.5) is 0 Å². The Bertz CT molecular complexity index is 648. The van der Waals surface area contributed by atoms with Crippen LogP contribution in [0.25, 0.3) is 17.0 Å². The number of pyridine rings is 2. The van der Waals surface area contributed by atoms with E-state index in [0.717, 1.165) is 11.4 Å². The molecule has 0 atom stereocenters. The summed E-state index contributed by atoms with van der Waals surface area (Å²) in [7, 11) is 1.62. The van der Waals surface area contributed by atoms with Gasteiger partial charge in [-0.15, -0.1) is 10.2 Å². The topological polar surface area (TPSA) is 52.3 Å². The summed E-state index contributed by atoms with van der Waals surface area (Å²) in [5, 5.41) is 8.31. The molecule has 0 unspecified atom stereocenters. The van der Waals surface area contributed by atoms with Crippen molar-refractivity contribution in [3.05, 3.63) is 42.9 Å². The number of aromatic nitrogens is 4. The molecule has 3 heterocycles. The van der Waals surface area contributed by atoms with E-state index in [1.165, 1.54) is 0 Å². The largest absolute Gasteiger partial charge is 0.493 e. The number of fused-ring (bicyclic) bond motifs is 1. The summed E-state index contributed by atoms with van der Waals surface area (Å²) in [5.41, 5.74) is 1.68. The second-order valence-corrected chi connectivity index (χ2v) is 3.53. The van der Waals surface area contributed by atoms with Crippen molar-refractivity contribution in [1.29, 1.82) is 0 Å². The Morgan fingerprint density at radius 2 is 1.94 bits per heavy atom. The molecule has 0 saturated carbocycles. The van der Waals surface area contributed by atoms with Gasteiger partial charge in [0.05, 0.1) is 7.11 Å². The van der Waals surface area contributed by atoms with Gasteiger partial charge in [-0.3, -0.25) is 9.38 Å². The molecule has 0 aliphatic rings. The number of nitrogens with zero attached hydrogens (tertiary/aromatic N) is 4. The Hall–Kier alpha value is -2.43. The van der Waals surface area contributed by atoms with E-state index in [1.807, 2.05) is 34.9 Å². The van der Waals surface area contributed by atoms with Crippen molar-refractivity contribution in [2.24, 2.45) is 0 Å². The summed E-state index contributed by atoms with van der Waals surface area (Å²) in [5.74, 6) is 1.49. The van der Waals surface area contributed by atoms with Crippen LogP contribution < -0.4 is 4.74 Å². The van der Waals surface area contributed by atoms with Crippen LogP contribution in [0.2, 0.25) is 0 Å². The van der Waals surface area contributed by atoms with Gasteiger partial charge in [0.2, 0.25) is 5.65 Å². The lowest BCUT2D eigenvalue weighted by Gasteiger charge is -2.02. The molecule has 17 heavy (non-hydrogen) atoms. The number of rotatable bonds is 2. The van der Waals surface area contributed by atoms with E-state index in [1.54, 1.807) is 19.5 Å². The average Bonchev–Trinajstić information content (AvgIpc) is 2.83. The second kappa shape index (κ2) is 3.86. The number of hydrogen-bond donors (Lipinski definition) is 0. The molecule has 0 radical (unpaired) electrons. The van der Waals surface area contributed by atoms with E-state index in [0.29, 0.717) is 11.4 Å². The molecule has 0 aliphatic carbocycles. The maximum absolute atomic E-state index is 5.24. The Balaban J connectivity index is 2.26. The molecule has 3 aromatic rings. The lowest BCUT2D eigenvalue weighted by Crippen LogP contribution is -1.92. The summed E-state index contributed by atoms with van der Waals surface area (Å²) < 4.78 is 7.14. The van der Waals surface area contributed by atoms with Gasteiger partial charge in [0.25, 0.3) is 0 Å². The molecule has 5 heteroatoms. The molecule has 0 amide bonds. The van der Waals surface area contributed by atoms with Gasteiger partial charge in [0.15, 0.2) is 11.6 Å². The first-order valence-electron chi connectivity index (χ1n) is 5.18. The van der Waals surface area contributed by atoms with Crippen molar-refractivity contribution >= 4 is 5.65 Å². The highest BCUT2D eigenvalue weighted by atomic mass is 16.5. The number of hydrogen-bond acceptors (Lipinski definition) is 4. The molecule has 0 saturated heterocycles. The summed E-state index contributed by atoms with van der Waals surface area (Å²) in [6.07, 6.45) is 5.38. The molecular weight excluding hydrogens is 216 g/mol. The molecule has 0 fully saturated rings. The quantitative estimate of drug-likeness (QED) is 0.668. The highest BCUT2D eigenvalue weighted by Gasteiger charge is 2.10. The van der Waals surface area contributed by atoms with Crippen molar-refractivity contribution in [2.45, 2.75) is 0 Å². The fourth-order valence-electron chi connectivity index (χ4n) is 1.75. The maximum Gasteiger partial charge on any atom is 0.203 e. The normalized spacial score (nSPS) is 10.6. The van der Waals surface area contributed by atoms with Gasteiger partial charge < -0.3 is 4.74 Å². The van der Waals surface area contributed by atoms with Crippen LogP contribution in [0.15, 0.2) is 42.9 Å². The SMILES string of the molecule is COc1cccn2c(-c3ccncc3)nnc12. The van der Waals surface area contributed by atoms with Crippen molar-refractivity contribution in [3.63, 3.8) is 0 Å². The standard InChI is InChI=1S/C12H10N4O/c1-17-10-3-2-8-16-11(14-15-12(10)16)9-4-6-13-7-5-9/h2-8H,1H3. The van der Waals surface area contributed by atoms with Crippen LogP contribution in [0, 0.1) is 0 Å². The summed E-state index contributed by atoms with van der Waals surface area (Å²) >= 11 is 0. The van der Waals surface area contributed by atoms with Gasteiger partial charge in [-0.1, -0.05) is 0 Å². The van der Waals surface area contributed by atoms with Crippen LogP contribution in [0.3, 0.4) is 0 Å². The molecule has 84 valence electrons. The zero-order valence-corrected chi connectivity index (χ0v) is 9.24. The minimum Gasteiger partial charge on any atom is -0.493 e. The lowest BCUT2D eigenvalue weighted by atomic mass is 10.2. The van der Waals surface area contributed by atoms with Crippen LogP contribution in [-0.4, -0.2) is 26.7 Å². The van der Waals surface area contributed by atoms with Gasteiger partial charge in [-0.05, 0) is 24.3 Å². The fourth-order valence-corrected chi connectivity index (χ4v) is 1.75. The first-order valence-corrected chi connectivity index (χ1v) is 5.18. The highest BCUT2D eigenvalue weighted by Crippen LogP contribution is 2.22. The zero-order chi connectivity index (χ0) is 11.7. The Kier molecular flexibility index (Phi) is 2.22. The number of methoxy groups -OCH3 is 1. The van der Waals surface area contributed by atoms with E-state index in [4.69, 9.17) is 4.74 Å². The third kappa shape index (κ3) is 1.52. The molecular formula is C12H10N4O. The Morgan fingerprint density at radius 3 is 2.71 bits per heavy atom. The van der Waals surface area contributed by atoms with E-state index in [2.05, 4.69) is 15.2 Å². The van der Waals surface area contributed by atoms with Crippen molar-refractivity contribution in [3.8, 4) is 17.1 Å². The minimum absolute atomic E-state index is 0.709. The summed E-state index contributed by atoms with van der Waals surface area (Å²) in [6.45, 7) is 0. The van der Waals surface area contributed by atoms with E-state index in [-0.39, 0.29) is 0 Å². The molecule has 0 bridgehead atoms. The molecule has 3 aromatic heterocycles. The van der Waals surface area contributed by atoms with E-state index >= 15 is 0 Å². The fraction of sp³-hybridized carbons (Fsp3) is 0.0833. The summed E-state index contributed by atoms with van der Waals surface area (Å²) in [4.78, 5) is 3.99. The van der Waals surface area contributed by atoms with Crippen LogP contribution in [0.5, 0.6) is 5.75 Å². The highest BCUT2D eigenvalue weighted by molar-refractivity contribution is 5.62. The predicted octanol–water partition coefficient (Wildman–Crippen LogP) is 1.80. The summed E-state index contributed by atoms with van der Waals surface area (Å²) in [6, 6.07) is 7.56. The van der Waals surface area contributed by atoms with Gasteiger partial charge in [0.1, 0.15) is 0 Å². The van der Waals surface area contributed by atoms with Gasteiger partial charge in [0, 0.05) is 24.2 Å². The first kappa shape index (κ1) is 9.77. The van der Waals surface area contributed by atoms with Crippen molar-refractivity contribution in [2.75, 3.05) is 7.11 Å². The van der Waals surface area contributed by atoms with Crippen LogP contribution in [-0.2, 0) is 0 Å². The number of ether oxygens (including phenoxy) is 1. The van der Waals surface area contributed by atoms with Gasteiger partial charge in [-0.2, -0.15) is 0 Å². The van der Waals surface area contributed by atoms with Gasteiger partial charge >= 0.3 is 0 Å². The third-order valence-electron chi connectivity index (χ3n) is 2.56. The average molecular weight is 226 g/mol. The first-order chi connectivity index (χ1) is 8.40. The third-order valence-corrected chi connectivity index (χ3v) is 2.56. The molecule has 0 aliphatic heterocycles. The molecule has 0 N–H and O–H groups in total. The monoisotopic (exact) mass is 226 g/mol. The second-order valence-electron chi connectivity index (χ2n) is 3.53. The van der Waals surface area contributed by atoms with Gasteiger partial charge in [-0.25, -0.2) is 0 Å². The molecule has 5 nitrogen and oxygen atoms in total. The molecule has 0 aromatic carbocycles. The predicted molar refractivity (Wildman–Crippen MR) is 62.8 cm³/mol. The van der Waals surface area contributed by atoms with Crippen LogP contribution >= 0.6 is 0 Å². The Labute approximate surface area is 97.7 Å². The molecule has 3 rings (SSSR count). The smallest absolute Gasteiger partial charge is 0.203 e. The van der Waals surface area contributed by atoms with E-state index in [9.17, 15) is 0 Å². The molecule has 0 spiro atoms. The van der Waals surface area contributed by atoms with Crippen LogP contribution in [0.1, 0.15) is 0 Å². The lowest BCUT2D eigenvalue weighted by molar-refractivity contribution is 0.417. The van der Waals surface area contributed by atoms with Crippen molar-refractivity contribution in [1.82, 2.24) is 19.6 Å². The van der Waals surface area contributed by atoms with E-state index < -0.39 is 0 Å².